The highest BCUT2D eigenvalue weighted by atomic mass is 32.1. The summed E-state index contributed by atoms with van der Waals surface area (Å²) in [5.74, 6) is 1.98. The van der Waals surface area contributed by atoms with Gasteiger partial charge in [-0.15, -0.1) is 11.3 Å². The lowest BCUT2D eigenvalue weighted by Gasteiger charge is -2.14. The molecule has 1 aliphatic carbocycles. The van der Waals surface area contributed by atoms with Crippen LogP contribution in [-0.4, -0.2) is 15.0 Å². The highest BCUT2D eigenvalue weighted by Crippen LogP contribution is 2.53. The van der Waals surface area contributed by atoms with Crippen LogP contribution in [0.3, 0.4) is 0 Å². The van der Waals surface area contributed by atoms with Gasteiger partial charge in [0.15, 0.2) is 17.5 Å². The summed E-state index contributed by atoms with van der Waals surface area (Å²) in [4.78, 5) is 15.1. The van der Waals surface area contributed by atoms with Crippen molar-refractivity contribution in [3.63, 3.8) is 0 Å². The Labute approximate surface area is 298 Å². The molecule has 0 N–H and O–H groups in total. The molecule has 0 unspecified atom stereocenters. The molecule has 0 saturated heterocycles. The van der Waals surface area contributed by atoms with Crippen LogP contribution in [0.1, 0.15) is 0 Å². The van der Waals surface area contributed by atoms with E-state index in [1.54, 1.807) is 0 Å². The molecule has 0 atom stereocenters. The van der Waals surface area contributed by atoms with Gasteiger partial charge in [-0.25, -0.2) is 15.0 Å². The minimum atomic E-state index is 0.659. The van der Waals surface area contributed by atoms with Gasteiger partial charge in [0.1, 0.15) is 0 Å². The van der Waals surface area contributed by atoms with Crippen LogP contribution < -0.4 is 0 Å². The quantitative estimate of drug-likeness (QED) is 0.188. The summed E-state index contributed by atoms with van der Waals surface area (Å²) < 4.78 is 2.64. The van der Waals surface area contributed by atoms with Crippen LogP contribution in [0.25, 0.3) is 109 Å². The number of aromatic nitrogens is 3. The lowest BCUT2D eigenvalue weighted by Crippen LogP contribution is -2.00. The summed E-state index contributed by atoms with van der Waals surface area (Å²) in [5, 5.41) is 7.60. The molecule has 8 aromatic carbocycles. The molecular weight excluding hydrogens is 639 g/mol. The number of rotatable bonds is 4. The maximum absolute atomic E-state index is 5.09. The van der Waals surface area contributed by atoms with Crippen LogP contribution in [0.4, 0.5) is 0 Å². The number of thiophene rings is 1. The molecule has 4 heteroatoms. The molecular formula is C47H27N3S. The molecule has 3 nitrogen and oxygen atoms in total. The van der Waals surface area contributed by atoms with Gasteiger partial charge >= 0.3 is 0 Å². The number of benzene rings is 8. The Bertz CT molecular complexity index is 2960. The molecule has 0 spiro atoms. The van der Waals surface area contributed by atoms with Crippen LogP contribution in [0.5, 0.6) is 0 Å². The van der Waals surface area contributed by atoms with Crippen LogP contribution in [0, 0.1) is 0 Å². The monoisotopic (exact) mass is 665 g/mol. The Morgan fingerprint density at radius 2 is 0.824 bits per heavy atom. The van der Waals surface area contributed by atoms with Crippen molar-refractivity contribution in [2.75, 3.05) is 0 Å². The third-order valence-corrected chi connectivity index (χ3v) is 11.5. The van der Waals surface area contributed by atoms with Crippen molar-refractivity contribution in [3.05, 3.63) is 164 Å². The van der Waals surface area contributed by atoms with Crippen molar-refractivity contribution in [1.82, 2.24) is 15.0 Å². The molecule has 0 amide bonds. The van der Waals surface area contributed by atoms with E-state index in [0.29, 0.717) is 17.5 Å². The van der Waals surface area contributed by atoms with Gasteiger partial charge in [-0.1, -0.05) is 146 Å². The van der Waals surface area contributed by atoms with E-state index in [2.05, 4.69) is 127 Å². The standard InChI is InChI=1S/C47H27N3S/c1-3-13-28(14-4-1)45-48-46(29-15-5-2-6-16-29)50-47(49-45)37-26-25-34(30-17-7-9-19-32(30)37)36-22-12-24-41-43(36)40-27-39-33-20-10-8-18-31(33)35-21-11-23-38(42(35)39)44(40)51-41/h1-27H. The molecule has 0 radical (unpaired) electrons. The van der Waals surface area contributed by atoms with Gasteiger partial charge in [0.2, 0.25) is 0 Å². The predicted molar refractivity (Wildman–Crippen MR) is 214 cm³/mol. The second-order valence-electron chi connectivity index (χ2n) is 13.1. The topological polar surface area (TPSA) is 38.7 Å². The first-order valence-corrected chi connectivity index (χ1v) is 18.0. The number of fused-ring (bicyclic) bond motifs is 8. The fraction of sp³-hybridized carbons (Fsp3) is 0. The smallest absolute Gasteiger partial charge is 0.164 e. The van der Waals surface area contributed by atoms with Gasteiger partial charge in [-0.2, -0.15) is 0 Å². The minimum absolute atomic E-state index is 0.659. The lowest BCUT2D eigenvalue weighted by molar-refractivity contribution is 1.08. The van der Waals surface area contributed by atoms with E-state index in [0.717, 1.165) is 22.1 Å². The third kappa shape index (κ3) is 4.27. The molecule has 0 saturated carbocycles. The summed E-state index contributed by atoms with van der Waals surface area (Å²) >= 11 is 1.90. The van der Waals surface area contributed by atoms with E-state index in [4.69, 9.17) is 15.0 Å². The van der Waals surface area contributed by atoms with E-state index < -0.39 is 0 Å². The highest BCUT2D eigenvalue weighted by molar-refractivity contribution is 7.26. The summed E-state index contributed by atoms with van der Waals surface area (Å²) in [6.07, 6.45) is 0. The van der Waals surface area contributed by atoms with E-state index in [-0.39, 0.29) is 0 Å². The van der Waals surface area contributed by atoms with Crippen LogP contribution >= 0.6 is 11.3 Å². The van der Waals surface area contributed by atoms with Crippen LogP contribution in [-0.2, 0) is 0 Å². The average Bonchev–Trinajstić information content (AvgIpc) is 3.75. The molecule has 0 bridgehead atoms. The molecule has 0 fully saturated rings. The molecule has 1 aliphatic rings. The van der Waals surface area contributed by atoms with Gasteiger partial charge in [0.05, 0.1) is 0 Å². The van der Waals surface area contributed by atoms with Crippen molar-refractivity contribution in [1.29, 1.82) is 0 Å². The Morgan fingerprint density at radius 1 is 0.314 bits per heavy atom. The Morgan fingerprint density at radius 3 is 1.53 bits per heavy atom. The zero-order valence-electron chi connectivity index (χ0n) is 27.3. The zero-order valence-corrected chi connectivity index (χ0v) is 28.2. The zero-order chi connectivity index (χ0) is 33.5. The second kappa shape index (κ2) is 11.0. The molecule has 0 aliphatic heterocycles. The lowest BCUT2D eigenvalue weighted by atomic mass is 9.91. The molecule has 10 aromatic rings. The fourth-order valence-electron chi connectivity index (χ4n) is 8.03. The number of hydrogen-bond acceptors (Lipinski definition) is 4. The van der Waals surface area contributed by atoms with E-state index in [9.17, 15) is 0 Å². The average molecular weight is 666 g/mol. The van der Waals surface area contributed by atoms with E-state index in [1.807, 2.05) is 47.7 Å². The van der Waals surface area contributed by atoms with Crippen molar-refractivity contribution < 1.29 is 0 Å². The Kier molecular flexibility index (Phi) is 6.12. The maximum atomic E-state index is 5.09. The summed E-state index contributed by atoms with van der Waals surface area (Å²) in [5.41, 5.74) is 10.6. The van der Waals surface area contributed by atoms with E-state index in [1.165, 1.54) is 69.7 Å². The van der Waals surface area contributed by atoms with Gasteiger partial charge in [0.25, 0.3) is 0 Å². The van der Waals surface area contributed by atoms with Crippen molar-refractivity contribution >= 4 is 53.1 Å². The van der Waals surface area contributed by atoms with Crippen molar-refractivity contribution in [3.8, 4) is 67.5 Å². The summed E-state index contributed by atoms with van der Waals surface area (Å²) in [6.45, 7) is 0. The van der Waals surface area contributed by atoms with Crippen molar-refractivity contribution in [2.45, 2.75) is 0 Å². The third-order valence-electron chi connectivity index (χ3n) is 10.3. The number of hydrogen-bond donors (Lipinski definition) is 0. The molecule has 236 valence electrons. The summed E-state index contributed by atoms with van der Waals surface area (Å²) in [6, 6.07) is 58.3. The van der Waals surface area contributed by atoms with Gasteiger partial charge < -0.3 is 0 Å². The van der Waals surface area contributed by atoms with Gasteiger partial charge in [0, 0.05) is 42.2 Å². The second-order valence-corrected chi connectivity index (χ2v) is 14.2. The first kappa shape index (κ1) is 28.4. The molecule has 11 rings (SSSR count). The summed E-state index contributed by atoms with van der Waals surface area (Å²) in [7, 11) is 0. The normalized spacial score (nSPS) is 11.9. The maximum Gasteiger partial charge on any atom is 0.164 e. The van der Waals surface area contributed by atoms with Crippen LogP contribution in [0.2, 0.25) is 0 Å². The molecule has 2 heterocycles. The minimum Gasteiger partial charge on any atom is -0.208 e. The molecule has 51 heavy (non-hydrogen) atoms. The van der Waals surface area contributed by atoms with E-state index >= 15 is 0 Å². The largest absolute Gasteiger partial charge is 0.208 e. The molecule has 2 aromatic heterocycles. The highest BCUT2D eigenvalue weighted by Gasteiger charge is 2.25. The fourth-order valence-corrected chi connectivity index (χ4v) is 9.27. The van der Waals surface area contributed by atoms with Gasteiger partial charge in [-0.3, -0.25) is 0 Å². The first-order valence-electron chi connectivity index (χ1n) is 17.2. The Hall–Kier alpha value is -6.49. The van der Waals surface area contributed by atoms with Crippen molar-refractivity contribution in [2.24, 2.45) is 0 Å². The van der Waals surface area contributed by atoms with Crippen LogP contribution in [0.15, 0.2) is 164 Å². The predicted octanol–water partition coefficient (Wildman–Crippen LogP) is 12.9. The Balaban J connectivity index is 1.15. The number of nitrogens with zero attached hydrogens (tertiary/aromatic N) is 3. The van der Waals surface area contributed by atoms with Gasteiger partial charge in [-0.05, 0) is 67.7 Å². The SMILES string of the molecule is c1ccc(-c2nc(-c3ccccc3)nc(-c3ccc(-c4cccc5sc6c7cccc8c7c(cc6c45)-c4ccccc4-8)c4ccccc34)n2)cc1. The first-order chi connectivity index (χ1) is 25.3.